The number of phenolic OH excluding ortho intramolecular Hbond substituents is 1. The number of aromatic hydroxyl groups is 1. The number of ketones is 1. The zero-order valence-corrected chi connectivity index (χ0v) is 19.8. The van der Waals surface area contributed by atoms with Gasteiger partial charge in [-0.05, 0) is 62.6 Å². The molecule has 33 heavy (non-hydrogen) atoms. The lowest BCUT2D eigenvalue weighted by Gasteiger charge is -2.33. The Morgan fingerprint density at radius 2 is 1.58 bits per heavy atom. The molecule has 0 aliphatic carbocycles. The molecule has 0 aliphatic heterocycles. The summed E-state index contributed by atoms with van der Waals surface area (Å²) in [7, 11) is 1.16. The van der Waals surface area contributed by atoms with Gasteiger partial charge in [0.25, 0.3) is 0 Å². The lowest BCUT2D eigenvalue weighted by Crippen LogP contribution is -2.66. The number of methoxy groups -OCH3 is 1. The number of carbonyl (C=O) groups excluding carboxylic acids is 3. The van der Waals surface area contributed by atoms with Crippen molar-refractivity contribution in [3.05, 3.63) is 64.7 Å². The molecule has 2 rings (SSSR count). The number of nitrogens with two attached hydrogens (primary N) is 1. The van der Waals surface area contributed by atoms with Crippen molar-refractivity contribution in [3.8, 4) is 5.75 Å². The van der Waals surface area contributed by atoms with Gasteiger partial charge in [0, 0.05) is 11.4 Å². The van der Waals surface area contributed by atoms with Crippen molar-refractivity contribution in [2.45, 2.75) is 44.9 Å². The van der Waals surface area contributed by atoms with Crippen LogP contribution in [0.4, 0.5) is 4.79 Å². The standard InChI is InChI=1S/C24H29ClN2O6/c1-23(2,3)33-22(31)27-24(26,14-16-5-9-17(25)10-6-16)20(29)19(21(30)32-4)13-15-7-11-18(28)12-8-15/h5-12,19,28H,13-14,26H2,1-4H3,(H,27,31)/t19?,24-/m1/s1. The summed E-state index contributed by atoms with van der Waals surface area (Å²) in [6.07, 6.45) is -1.06. The molecule has 4 N–H and O–H groups in total. The molecule has 9 heteroatoms. The molecule has 0 fully saturated rings. The van der Waals surface area contributed by atoms with E-state index >= 15 is 0 Å². The number of phenols is 1. The molecule has 0 aromatic heterocycles. The molecule has 0 saturated carbocycles. The summed E-state index contributed by atoms with van der Waals surface area (Å²) < 4.78 is 10.1. The van der Waals surface area contributed by atoms with Crippen molar-refractivity contribution in [2.24, 2.45) is 11.7 Å². The highest BCUT2D eigenvalue weighted by molar-refractivity contribution is 6.30. The van der Waals surface area contributed by atoms with Gasteiger partial charge in [-0.3, -0.25) is 14.9 Å². The first-order valence-corrected chi connectivity index (χ1v) is 10.7. The van der Waals surface area contributed by atoms with Crippen LogP contribution >= 0.6 is 11.6 Å². The minimum Gasteiger partial charge on any atom is -0.508 e. The van der Waals surface area contributed by atoms with Crippen LogP contribution < -0.4 is 11.1 Å². The highest BCUT2D eigenvalue weighted by Gasteiger charge is 2.44. The fourth-order valence-electron chi connectivity index (χ4n) is 3.21. The smallest absolute Gasteiger partial charge is 0.409 e. The fourth-order valence-corrected chi connectivity index (χ4v) is 3.33. The highest BCUT2D eigenvalue weighted by Crippen LogP contribution is 2.22. The summed E-state index contributed by atoms with van der Waals surface area (Å²) in [6.45, 7) is 5.02. The number of nitrogens with one attached hydrogen (secondary N) is 1. The number of hydrogen-bond donors (Lipinski definition) is 3. The fraction of sp³-hybridized carbons (Fsp3) is 0.375. The van der Waals surface area contributed by atoms with E-state index < -0.39 is 35.0 Å². The lowest BCUT2D eigenvalue weighted by molar-refractivity contribution is -0.151. The van der Waals surface area contributed by atoms with Crippen molar-refractivity contribution in [1.82, 2.24) is 5.32 Å². The predicted octanol–water partition coefficient (Wildman–Crippen LogP) is 3.37. The van der Waals surface area contributed by atoms with E-state index in [1.54, 1.807) is 57.2 Å². The van der Waals surface area contributed by atoms with Crippen LogP contribution in [0.2, 0.25) is 5.02 Å². The summed E-state index contributed by atoms with van der Waals surface area (Å²) in [5.41, 5.74) is 4.86. The monoisotopic (exact) mass is 476 g/mol. The van der Waals surface area contributed by atoms with Crippen LogP contribution in [0.25, 0.3) is 0 Å². The molecule has 8 nitrogen and oxygen atoms in total. The molecule has 0 heterocycles. The molecule has 0 aliphatic rings. The average Bonchev–Trinajstić information content (AvgIpc) is 2.72. The lowest BCUT2D eigenvalue weighted by atomic mass is 9.85. The van der Waals surface area contributed by atoms with E-state index in [2.05, 4.69) is 5.32 Å². The van der Waals surface area contributed by atoms with Crippen molar-refractivity contribution in [1.29, 1.82) is 0 Å². The maximum absolute atomic E-state index is 13.6. The Labute approximate surface area is 198 Å². The van der Waals surface area contributed by atoms with Gasteiger partial charge in [0.15, 0.2) is 11.4 Å². The van der Waals surface area contributed by atoms with E-state index in [4.69, 9.17) is 26.8 Å². The molecule has 1 amide bonds. The molecular formula is C24H29ClN2O6. The maximum atomic E-state index is 13.6. The van der Waals surface area contributed by atoms with Gasteiger partial charge in [-0.15, -0.1) is 0 Å². The quantitative estimate of drug-likeness (QED) is 0.302. The van der Waals surface area contributed by atoms with E-state index in [1.807, 2.05) is 0 Å². The molecular weight excluding hydrogens is 448 g/mol. The Balaban J connectivity index is 2.41. The first-order valence-electron chi connectivity index (χ1n) is 10.3. The molecule has 0 spiro atoms. The molecule has 0 radical (unpaired) electrons. The largest absolute Gasteiger partial charge is 0.508 e. The van der Waals surface area contributed by atoms with E-state index in [0.29, 0.717) is 16.1 Å². The number of hydrogen-bond acceptors (Lipinski definition) is 7. The van der Waals surface area contributed by atoms with Crippen LogP contribution in [0.5, 0.6) is 5.75 Å². The zero-order chi connectivity index (χ0) is 24.8. The number of benzene rings is 2. The van der Waals surface area contributed by atoms with Gasteiger partial charge in [0.2, 0.25) is 0 Å². The van der Waals surface area contributed by atoms with Gasteiger partial charge >= 0.3 is 12.1 Å². The summed E-state index contributed by atoms with van der Waals surface area (Å²) in [6, 6.07) is 12.6. The number of esters is 1. The molecule has 2 aromatic rings. The van der Waals surface area contributed by atoms with E-state index in [-0.39, 0.29) is 18.6 Å². The third kappa shape index (κ3) is 7.76. The number of ether oxygens (including phenoxy) is 2. The van der Waals surface area contributed by atoms with Crippen molar-refractivity contribution >= 4 is 29.4 Å². The summed E-state index contributed by atoms with van der Waals surface area (Å²) in [5, 5.41) is 12.5. The van der Waals surface area contributed by atoms with Crippen molar-refractivity contribution in [3.63, 3.8) is 0 Å². The van der Waals surface area contributed by atoms with Gasteiger partial charge < -0.3 is 20.3 Å². The highest BCUT2D eigenvalue weighted by atomic mass is 35.5. The summed E-state index contributed by atoms with van der Waals surface area (Å²) in [5.74, 6) is -2.82. The Kier molecular flexibility index (Phi) is 8.46. The topological polar surface area (TPSA) is 128 Å². The Bertz CT molecular complexity index is 986. The summed E-state index contributed by atoms with van der Waals surface area (Å²) >= 11 is 5.95. The van der Waals surface area contributed by atoms with Crippen LogP contribution in [0.3, 0.4) is 0 Å². The van der Waals surface area contributed by atoms with E-state index in [9.17, 15) is 19.5 Å². The first kappa shape index (κ1) is 26.2. The first-order chi connectivity index (χ1) is 15.3. The number of alkyl carbamates (subject to hydrolysis) is 1. The number of Topliss-reactive ketones (excluding diaryl/α,β-unsaturated/α-hetero) is 1. The minimum absolute atomic E-state index is 0.0403. The number of carbonyl (C=O) groups is 3. The number of halogens is 1. The molecule has 0 bridgehead atoms. The molecule has 178 valence electrons. The van der Waals surface area contributed by atoms with Gasteiger partial charge in [0.05, 0.1) is 7.11 Å². The van der Waals surface area contributed by atoms with Crippen LogP contribution in [0, 0.1) is 5.92 Å². The Hall–Kier alpha value is -3.10. The second kappa shape index (κ2) is 10.7. The molecule has 2 atom stereocenters. The van der Waals surface area contributed by atoms with Crippen LogP contribution in [0.1, 0.15) is 31.9 Å². The Morgan fingerprint density at radius 3 is 2.09 bits per heavy atom. The van der Waals surface area contributed by atoms with Gasteiger partial charge in [-0.25, -0.2) is 4.79 Å². The van der Waals surface area contributed by atoms with E-state index in [1.165, 1.54) is 12.1 Å². The normalized spacial score (nSPS) is 14.0. The van der Waals surface area contributed by atoms with E-state index in [0.717, 1.165) is 7.11 Å². The molecule has 1 unspecified atom stereocenters. The minimum atomic E-state index is -1.98. The Morgan fingerprint density at radius 1 is 1.03 bits per heavy atom. The van der Waals surface area contributed by atoms with Gasteiger partial charge in [-0.2, -0.15) is 0 Å². The predicted molar refractivity (Wildman–Crippen MR) is 124 cm³/mol. The average molecular weight is 477 g/mol. The van der Waals surface area contributed by atoms with Crippen molar-refractivity contribution in [2.75, 3.05) is 7.11 Å². The SMILES string of the molecule is COC(=O)C(Cc1ccc(O)cc1)C(=O)[C@@](N)(Cc1ccc(Cl)cc1)NC(=O)OC(C)(C)C. The van der Waals surface area contributed by atoms with Gasteiger partial charge in [-0.1, -0.05) is 35.9 Å². The van der Waals surface area contributed by atoms with Crippen LogP contribution in [-0.4, -0.2) is 41.3 Å². The maximum Gasteiger partial charge on any atom is 0.409 e. The zero-order valence-electron chi connectivity index (χ0n) is 19.1. The van der Waals surface area contributed by atoms with Crippen LogP contribution in [0.15, 0.2) is 48.5 Å². The molecule has 0 saturated heterocycles. The van der Waals surface area contributed by atoms with Crippen LogP contribution in [-0.2, 0) is 31.9 Å². The summed E-state index contributed by atoms with van der Waals surface area (Å²) in [4.78, 5) is 38.8. The van der Waals surface area contributed by atoms with Gasteiger partial charge in [0.1, 0.15) is 17.3 Å². The third-order valence-corrected chi connectivity index (χ3v) is 4.99. The number of rotatable bonds is 8. The number of amides is 1. The molecule has 2 aromatic carbocycles. The second-order valence-corrected chi connectivity index (χ2v) is 9.15. The third-order valence-electron chi connectivity index (χ3n) is 4.74. The van der Waals surface area contributed by atoms with Crippen molar-refractivity contribution < 1.29 is 29.0 Å². The second-order valence-electron chi connectivity index (χ2n) is 8.71.